The molecule has 0 aliphatic rings. The smallest absolute Gasteiger partial charge is 0.246 e. The van der Waals surface area contributed by atoms with Crippen LogP contribution < -0.4 is 0 Å². The van der Waals surface area contributed by atoms with E-state index in [1.807, 2.05) is 27.7 Å². The normalized spacial score (nSPS) is 13.5. The molecule has 1 N–H and O–H groups in total. The van der Waals surface area contributed by atoms with Gasteiger partial charge in [0.05, 0.1) is 11.2 Å². The summed E-state index contributed by atoms with van der Waals surface area (Å²) >= 11 is 0. The first kappa shape index (κ1) is 52.2. The van der Waals surface area contributed by atoms with E-state index in [0.717, 1.165) is 81.0 Å². The number of hydrogen-bond acceptors (Lipinski definition) is 4. The summed E-state index contributed by atoms with van der Waals surface area (Å²) in [5.41, 5.74) is 10.3. The fourth-order valence-corrected chi connectivity index (χ4v) is 8.33. The second-order valence-electron chi connectivity index (χ2n) is 21.6. The predicted octanol–water partition coefficient (Wildman–Crippen LogP) is 17.5. The van der Waals surface area contributed by atoms with Crippen LogP contribution in [0.4, 0.5) is 8.78 Å². The SMILES string of the molecule is CCC(CC)C(=O)/C=C(\O)C(CC)CC(C)(F)F.[2H]c1nc(-c2[c-]c(C)cc(C(C)(C)C)c2)c2ccc(CC(C)C)cc2c1[2H].[2H]c1nc(-c2[c-]c(C)cc(C(C)(C)C)c2)c2ccc(CC(C)C)cc2c1[2H].[Ir]. The number of aliphatic hydroxyl groups is 1. The third kappa shape index (κ3) is 17.7. The topological polar surface area (TPSA) is 63.1 Å². The number of ketones is 1. The number of aryl methyl sites for hydroxylation is 2. The Kier molecular flexibility index (Phi) is 19.3. The maximum Gasteiger partial charge on any atom is 0.246 e. The van der Waals surface area contributed by atoms with E-state index in [2.05, 4.69) is 152 Å². The second kappa shape index (κ2) is 25.5. The third-order valence-electron chi connectivity index (χ3n) is 12.1. The molecule has 7 heteroatoms. The average molecular weight is 1120 g/mol. The molecule has 69 heavy (non-hydrogen) atoms. The number of rotatable bonds is 14. The number of fused-ring (bicyclic) bond motifs is 2. The molecule has 1 atom stereocenters. The zero-order chi connectivity index (χ0) is 54.2. The standard InChI is InChI=1S/2C24H28N.C14H24F2O2.Ir/c2*1-16(2)11-18-7-8-22-19(14-18)9-10-25-23(22)20-12-17(3)13-21(15-20)24(4,5)6;1-5-10(6-2)12(17)8-13(18)11(7-3)9-14(4,15)16;/h2*7-10,13-16H,11H2,1-6H3;8,10-11,18H,5-7,9H2,1-4H3;/q2*-1;;/b;;13-8-;/i2*9D,10D;;. The monoisotopic (exact) mass is 1120 g/mol. The van der Waals surface area contributed by atoms with E-state index in [1.165, 1.54) is 22.3 Å². The molecule has 0 spiro atoms. The van der Waals surface area contributed by atoms with Gasteiger partial charge in [-0.15, -0.1) is 69.8 Å². The molecule has 1 radical (unpaired) electrons. The Balaban J connectivity index is 0.000000294. The first-order valence-electron chi connectivity index (χ1n) is 26.6. The molecule has 2 heterocycles. The molecule has 375 valence electrons. The molecule has 0 saturated carbocycles. The number of halogens is 2. The maximum atomic E-state index is 12.9. The molecule has 6 rings (SSSR count). The largest absolute Gasteiger partial charge is 0.512 e. The van der Waals surface area contributed by atoms with Crippen LogP contribution in [0.1, 0.15) is 161 Å². The Hall–Kier alpha value is -4.58. The van der Waals surface area contributed by atoms with Crippen molar-refractivity contribution in [3.63, 3.8) is 0 Å². The van der Waals surface area contributed by atoms with E-state index in [4.69, 9.17) is 5.48 Å². The van der Waals surface area contributed by atoms with Gasteiger partial charge in [0.1, 0.15) is 0 Å². The fraction of sp³-hybridized carbons (Fsp3) is 0.468. The fourth-order valence-electron chi connectivity index (χ4n) is 8.33. The van der Waals surface area contributed by atoms with E-state index in [9.17, 15) is 18.7 Å². The van der Waals surface area contributed by atoms with Gasteiger partial charge < -0.3 is 15.1 Å². The minimum Gasteiger partial charge on any atom is -0.512 e. The number of pyridine rings is 2. The van der Waals surface area contributed by atoms with Crippen LogP contribution in [0.5, 0.6) is 0 Å². The minimum atomic E-state index is -2.83. The van der Waals surface area contributed by atoms with Crippen LogP contribution >= 0.6 is 0 Å². The van der Waals surface area contributed by atoms with Gasteiger partial charge in [0.25, 0.3) is 0 Å². The zero-order valence-electron chi connectivity index (χ0n) is 48.2. The molecule has 4 nitrogen and oxygen atoms in total. The summed E-state index contributed by atoms with van der Waals surface area (Å²) < 4.78 is 59.0. The first-order chi connectivity index (χ1) is 33.4. The van der Waals surface area contributed by atoms with E-state index < -0.39 is 18.3 Å². The van der Waals surface area contributed by atoms with Crippen molar-refractivity contribution in [3.8, 4) is 22.5 Å². The molecule has 1 unspecified atom stereocenters. The number of carbonyl (C=O) groups is 1. The number of aliphatic hydroxyl groups excluding tert-OH is 1. The number of aromatic nitrogens is 2. The van der Waals surface area contributed by atoms with Crippen molar-refractivity contribution in [1.29, 1.82) is 0 Å². The average Bonchev–Trinajstić information content (AvgIpc) is 3.27. The number of carbonyl (C=O) groups excluding carboxylic acids is 1. The van der Waals surface area contributed by atoms with Gasteiger partial charge in [-0.2, -0.15) is 0 Å². The Morgan fingerprint density at radius 3 is 1.39 bits per heavy atom. The third-order valence-corrected chi connectivity index (χ3v) is 12.1. The molecule has 0 aliphatic heterocycles. The number of allylic oxidation sites excluding steroid dienone is 2. The number of hydrogen-bond donors (Lipinski definition) is 1. The Bertz CT molecular complexity index is 2710. The summed E-state index contributed by atoms with van der Waals surface area (Å²) in [5.74, 6) is -2.90. The molecule has 4 aromatic carbocycles. The molecule has 0 aliphatic carbocycles. The number of nitrogens with zero attached hydrogens (tertiary/aromatic N) is 2. The summed E-state index contributed by atoms with van der Waals surface area (Å²) in [6.07, 6.45) is 4.45. The second-order valence-corrected chi connectivity index (χ2v) is 21.6. The molecule has 0 fully saturated rings. The van der Waals surface area contributed by atoms with Crippen molar-refractivity contribution < 1.29 is 44.3 Å². The Morgan fingerprint density at radius 1 is 0.667 bits per heavy atom. The van der Waals surface area contributed by atoms with E-state index in [-0.39, 0.29) is 72.8 Å². The van der Waals surface area contributed by atoms with Crippen molar-refractivity contribution in [2.24, 2.45) is 23.7 Å². The molecule has 6 aromatic rings. The van der Waals surface area contributed by atoms with E-state index in [1.54, 1.807) is 6.92 Å². The summed E-state index contributed by atoms with van der Waals surface area (Å²) in [6.45, 7) is 32.3. The molecular weight excluding hydrogens is 1030 g/mol. The van der Waals surface area contributed by atoms with Crippen molar-refractivity contribution >= 4 is 27.3 Å². The maximum absolute atomic E-state index is 12.9. The van der Waals surface area contributed by atoms with Crippen LogP contribution in [-0.4, -0.2) is 26.8 Å². The van der Waals surface area contributed by atoms with Crippen LogP contribution in [0.3, 0.4) is 0 Å². The summed E-state index contributed by atoms with van der Waals surface area (Å²) in [4.78, 5) is 20.7. The van der Waals surface area contributed by atoms with Gasteiger partial charge >= 0.3 is 0 Å². The van der Waals surface area contributed by atoms with Crippen LogP contribution in [0.15, 0.2) is 96.9 Å². The van der Waals surface area contributed by atoms with Crippen molar-refractivity contribution in [2.45, 2.75) is 166 Å². The molecule has 0 saturated heterocycles. The van der Waals surface area contributed by atoms with Gasteiger partial charge in [-0.3, -0.25) is 4.79 Å². The van der Waals surface area contributed by atoms with Crippen molar-refractivity contribution in [1.82, 2.24) is 9.97 Å². The zero-order valence-corrected chi connectivity index (χ0v) is 46.6. The van der Waals surface area contributed by atoms with Crippen molar-refractivity contribution in [3.05, 3.63) is 142 Å². The summed E-state index contributed by atoms with van der Waals surface area (Å²) in [5, 5.41) is 13.2. The van der Waals surface area contributed by atoms with Crippen LogP contribution in [0.2, 0.25) is 0 Å². The molecule has 2 aromatic heterocycles. The number of benzene rings is 4. The quantitative estimate of drug-likeness (QED) is 0.0671. The molecular formula is C62H80F2IrN2O2-2. The molecule has 0 bridgehead atoms. The summed E-state index contributed by atoms with van der Waals surface area (Å²) in [7, 11) is 0. The first-order valence-corrected chi connectivity index (χ1v) is 24.6. The van der Waals surface area contributed by atoms with Gasteiger partial charge in [0, 0.05) is 56.8 Å². The van der Waals surface area contributed by atoms with Crippen LogP contribution in [0.25, 0.3) is 44.1 Å². The van der Waals surface area contributed by atoms with Gasteiger partial charge in [0.2, 0.25) is 5.92 Å². The Morgan fingerprint density at radius 2 is 1.06 bits per heavy atom. The van der Waals surface area contributed by atoms with Gasteiger partial charge in [-0.25, -0.2) is 8.78 Å². The summed E-state index contributed by atoms with van der Waals surface area (Å²) in [6, 6.07) is 28.3. The van der Waals surface area contributed by atoms with Gasteiger partial charge in [0.15, 0.2) is 5.78 Å². The van der Waals surface area contributed by atoms with Crippen LogP contribution in [0, 0.1) is 49.7 Å². The Labute approximate surface area is 434 Å². The predicted molar refractivity (Wildman–Crippen MR) is 285 cm³/mol. The van der Waals surface area contributed by atoms with E-state index in [0.29, 0.717) is 31.1 Å². The van der Waals surface area contributed by atoms with Crippen molar-refractivity contribution in [2.75, 3.05) is 0 Å². The van der Waals surface area contributed by atoms with Crippen LogP contribution in [-0.2, 0) is 48.6 Å². The number of alkyl halides is 2. The van der Waals surface area contributed by atoms with E-state index >= 15 is 0 Å². The van der Waals surface area contributed by atoms with Gasteiger partial charge in [-0.1, -0.05) is 140 Å². The minimum absolute atomic E-state index is 0. The van der Waals surface area contributed by atoms with Gasteiger partial charge in [-0.05, 0) is 118 Å². The molecule has 0 amide bonds.